The van der Waals surface area contributed by atoms with Crippen LogP contribution in [0, 0.1) is 15.9 Å². The summed E-state index contributed by atoms with van der Waals surface area (Å²) in [5.74, 6) is 0.635. The number of hydrogen-bond donors (Lipinski definition) is 1. The lowest BCUT2D eigenvalue weighted by Gasteiger charge is -2.07. The second-order valence-electron chi connectivity index (χ2n) is 7.15. The molecule has 0 aliphatic rings. The number of hydrogen-bond acceptors (Lipinski definition) is 6. The van der Waals surface area contributed by atoms with E-state index in [-0.39, 0.29) is 18.1 Å². The Morgan fingerprint density at radius 2 is 1.82 bits per heavy atom. The zero-order valence-corrected chi connectivity index (χ0v) is 17.7. The fraction of sp³-hybridized carbons (Fsp3) is 0.0400. The van der Waals surface area contributed by atoms with E-state index >= 15 is 0 Å². The summed E-state index contributed by atoms with van der Waals surface area (Å²) >= 11 is 0. The molecule has 0 saturated heterocycles. The van der Waals surface area contributed by atoms with E-state index in [9.17, 15) is 19.3 Å². The molecule has 1 heterocycles. The first-order valence-electron chi connectivity index (χ1n) is 10.1. The number of carbonyl (C=O) groups excluding carboxylic acids is 1. The van der Waals surface area contributed by atoms with Crippen LogP contribution in [0.25, 0.3) is 11.3 Å². The van der Waals surface area contributed by atoms with E-state index in [1.165, 1.54) is 30.5 Å². The minimum absolute atomic E-state index is 0.0387. The molecule has 170 valence electrons. The van der Waals surface area contributed by atoms with Crippen molar-refractivity contribution in [3.8, 4) is 17.1 Å². The lowest BCUT2D eigenvalue weighted by molar-refractivity contribution is -0.384. The molecule has 0 saturated carbocycles. The molecule has 0 fully saturated rings. The molecule has 0 aliphatic carbocycles. The summed E-state index contributed by atoms with van der Waals surface area (Å²) in [5.41, 5.74) is 4.13. The van der Waals surface area contributed by atoms with E-state index in [0.717, 1.165) is 5.56 Å². The monoisotopic (exact) mass is 459 g/mol. The van der Waals surface area contributed by atoms with E-state index in [2.05, 4.69) is 10.5 Å². The molecule has 0 spiro atoms. The largest absolute Gasteiger partial charge is 0.489 e. The van der Waals surface area contributed by atoms with E-state index < -0.39 is 10.8 Å². The van der Waals surface area contributed by atoms with Crippen molar-refractivity contribution in [2.24, 2.45) is 5.10 Å². The Morgan fingerprint density at radius 1 is 1.06 bits per heavy atom. The maximum atomic E-state index is 12.9. The zero-order valence-electron chi connectivity index (χ0n) is 17.7. The van der Waals surface area contributed by atoms with Gasteiger partial charge in [-0.05, 0) is 54.1 Å². The first-order chi connectivity index (χ1) is 16.5. The number of nitrogens with zero attached hydrogens (tertiary/aromatic N) is 2. The third-order valence-electron chi connectivity index (χ3n) is 4.76. The molecule has 0 bridgehead atoms. The lowest BCUT2D eigenvalue weighted by Crippen LogP contribution is -2.17. The van der Waals surface area contributed by atoms with Gasteiger partial charge in [0.1, 0.15) is 29.7 Å². The average molecular weight is 459 g/mol. The summed E-state index contributed by atoms with van der Waals surface area (Å²) in [7, 11) is 0. The molecular weight excluding hydrogens is 441 g/mol. The molecular formula is C25H18FN3O5. The highest BCUT2D eigenvalue weighted by Crippen LogP contribution is 2.25. The number of benzene rings is 3. The Hall–Kier alpha value is -4.79. The van der Waals surface area contributed by atoms with Crippen molar-refractivity contribution >= 4 is 17.8 Å². The number of amides is 1. The van der Waals surface area contributed by atoms with Gasteiger partial charge < -0.3 is 9.15 Å². The standard InChI is InChI=1S/C25H18FN3O5/c26-20-8-4-17(5-9-20)16-33-22-10-6-18(7-11-22)25(30)28-27-15-23-12-13-24(34-23)19-2-1-3-21(14-19)29(31)32/h1-15H,16H2,(H,28,30)/b27-15+. The molecule has 0 radical (unpaired) electrons. The van der Waals surface area contributed by atoms with E-state index in [4.69, 9.17) is 9.15 Å². The predicted octanol–water partition coefficient (Wildman–Crippen LogP) is 5.34. The number of nitro groups is 1. The number of ether oxygens (including phenoxy) is 1. The molecule has 0 atom stereocenters. The van der Waals surface area contributed by atoms with Crippen molar-refractivity contribution in [1.29, 1.82) is 0 Å². The van der Waals surface area contributed by atoms with E-state index in [1.807, 2.05) is 0 Å². The number of nitro benzene ring substituents is 1. The molecule has 1 amide bonds. The number of hydrazone groups is 1. The number of halogens is 1. The number of carbonyl (C=O) groups is 1. The first kappa shape index (κ1) is 22.4. The van der Waals surface area contributed by atoms with Crippen LogP contribution in [-0.4, -0.2) is 17.0 Å². The van der Waals surface area contributed by atoms with Gasteiger partial charge in [-0.25, -0.2) is 9.82 Å². The van der Waals surface area contributed by atoms with Crippen LogP contribution in [-0.2, 0) is 6.61 Å². The second kappa shape index (κ2) is 10.2. The summed E-state index contributed by atoms with van der Waals surface area (Å²) in [6, 6.07) is 21.9. The van der Waals surface area contributed by atoms with Gasteiger partial charge in [0.05, 0.1) is 11.1 Å². The molecule has 0 aliphatic heterocycles. The van der Waals surface area contributed by atoms with Crippen LogP contribution in [0.15, 0.2) is 94.4 Å². The van der Waals surface area contributed by atoms with Gasteiger partial charge in [-0.2, -0.15) is 5.10 Å². The highest BCUT2D eigenvalue weighted by atomic mass is 19.1. The highest BCUT2D eigenvalue weighted by molar-refractivity contribution is 5.94. The van der Waals surface area contributed by atoms with Gasteiger partial charge in [-0.15, -0.1) is 0 Å². The summed E-state index contributed by atoms with van der Waals surface area (Å²) < 4.78 is 24.2. The first-order valence-corrected chi connectivity index (χ1v) is 10.1. The number of nitrogens with one attached hydrogen (secondary N) is 1. The molecule has 9 heteroatoms. The Balaban J connectivity index is 1.31. The summed E-state index contributed by atoms with van der Waals surface area (Å²) in [6.07, 6.45) is 1.33. The smallest absolute Gasteiger partial charge is 0.271 e. The number of non-ortho nitro benzene ring substituents is 1. The summed E-state index contributed by atoms with van der Waals surface area (Å²) in [6.45, 7) is 0.275. The highest BCUT2D eigenvalue weighted by Gasteiger charge is 2.10. The van der Waals surface area contributed by atoms with Gasteiger partial charge >= 0.3 is 0 Å². The van der Waals surface area contributed by atoms with Gasteiger partial charge in [0.15, 0.2) is 0 Å². The molecule has 1 N–H and O–H groups in total. The average Bonchev–Trinajstić information content (AvgIpc) is 3.33. The van der Waals surface area contributed by atoms with Gasteiger partial charge in [0.25, 0.3) is 11.6 Å². The molecule has 4 aromatic rings. The van der Waals surface area contributed by atoms with Crippen LogP contribution < -0.4 is 10.2 Å². The summed E-state index contributed by atoms with van der Waals surface area (Å²) in [4.78, 5) is 22.7. The Bertz CT molecular complexity index is 1330. The zero-order chi connectivity index (χ0) is 23.9. The van der Waals surface area contributed by atoms with Gasteiger partial charge in [0, 0.05) is 23.3 Å². The minimum atomic E-state index is -0.478. The molecule has 8 nitrogen and oxygen atoms in total. The van der Waals surface area contributed by atoms with E-state index in [0.29, 0.717) is 28.4 Å². The normalized spacial score (nSPS) is 10.9. The van der Waals surface area contributed by atoms with Crippen LogP contribution in [0.1, 0.15) is 21.7 Å². The van der Waals surface area contributed by atoms with Crippen LogP contribution >= 0.6 is 0 Å². The van der Waals surface area contributed by atoms with Crippen LogP contribution in [0.5, 0.6) is 5.75 Å². The fourth-order valence-electron chi connectivity index (χ4n) is 3.02. The molecule has 1 aromatic heterocycles. The summed E-state index contributed by atoms with van der Waals surface area (Å²) in [5, 5.41) is 14.8. The third kappa shape index (κ3) is 5.71. The number of furan rings is 1. The lowest BCUT2D eigenvalue weighted by atomic mass is 10.1. The predicted molar refractivity (Wildman–Crippen MR) is 123 cm³/mol. The second-order valence-corrected chi connectivity index (χ2v) is 7.15. The topological polar surface area (TPSA) is 107 Å². The van der Waals surface area contributed by atoms with Gasteiger partial charge in [-0.1, -0.05) is 24.3 Å². The third-order valence-corrected chi connectivity index (χ3v) is 4.76. The SMILES string of the molecule is O=C(N/N=C/c1ccc(-c2cccc([N+](=O)[O-])c2)o1)c1ccc(OCc2ccc(F)cc2)cc1. The Labute approximate surface area is 193 Å². The maximum absolute atomic E-state index is 12.9. The maximum Gasteiger partial charge on any atom is 0.271 e. The van der Waals surface area contributed by atoms with Crippen molar-refractivity contribution in [2.75, 3.05) is 0 Å². The van der Waals surface area contributed by atoms with Crippen molar-refractivity contribution in [3.05, 3.63) is 118 Å². The number of rotatable bonds is 8. The quantitative estimate of drug-likeness (QED) is 0.218. The molecule has 4 rings (SSSR count). The van der Waals surface area contributed by atoms with Crippen molar-refractivity contribution in [3.63, 3.8) is 0 Å². The van der Waals surface area contributed by atoms with E-state index in [1.54, 1.807) is 60.7 Å². The molecule has 34 heavy (non-hydrogen) atoms. The van der Waals surface area contributed by atoms with Crippen molar-refractivity contribution in [1.82, 2.24) is 5.43 Å². The van der Waals surface area contributed by atoms with Crippen LogP contribution in [0.2, 0.25) is 0 Å². The molecule has 0 unspecified atom stereocenters. The minimum Gasteiger partial charge on any atom is -0.489 e. The van der Waals surface area contributed by atoms with Crippen LogP contribution in [0.4, 0.5) is 10.1 Å². The Kier molecular flexibility index (Phi) is 6.73. The van der Waals surface area contributed by atoms with Gasteiger partial charge in [-0.3, -0.25) is 14.9 Å². The Morgan fingerprint density at radius 3 is 2.56 bits per heavy atom. The van der Waals surface area contributed by atoms with Crippen molar-refractivity contribution in [2.45, 2.75) is 6.61 Å². The fourth-order valence-corrected chi connectivity index (χ4v) is 3.02. The van der Waals surface area contributed by atoms with Gasteiger partial charge in [0.2, 0.25) is 0 Å². The van der Waals surface area contributed by atoms with Crippen molar-refractivity contribution < 1.29 is 23.3 Å². The molecule has 3 aromatic carbocycles. The van der Waals surface area contributed by atoms with Crippen LogP contribution in [0.3, 0.4) is 0 Å².